The summed E-state index contributed by atoms with van der Waals surface area (Å²) in [6, 6.07) is 5.15. The fraction of sp³-hybridized carbons (Fsp3) is 0.429. The lowest BCUT2D eigenvalue weighted by Crippen LogP contribution is -2.29. The highest BCUT2D eigenvalue weighted by Gasteiger charge is 2.20. The van der Waals surface area contributed by atoms with Crippen molar-refractivity contribution in [2.75, 3.05) is 18.4 Å². The number of carbonyl (C=O) groups excluding carboxylic acids is 1. The van der Waals surface area contributed by atoms with Crippen LogP contribution in [0.2, 0.25) is 0 Å². The van der Waals surface area contributed by atoms with Gasteiger partial charge in [-0.1, -0.05) is 0 Å². The highest BCUT2D eigenvalue weighted by atomic mass is 35.5. The Morgan fingerprint density at radius 3 is 2.90 bits per heavy atom. The molecular weight excluding hydrogens is 294 g/mol. The molecule has 0 bridgehead atoms. The average molecular weight is 312 g/mol. The number of aromatic nitrogens is 1. The quantitative estimate of drug-likeness (QED) is 0.877. The maximum absolute atomic E-state index is 11.8. The molecule has 2 aromatic rings. The van der Waals surface area contributed by atoms with E-state index < -0.39 is 5.76 Å². The summed E-state index contributed by atoms with van der Waals surface area (Å²) in [5.74, 6) is 0.257. The minimum atomic E-state index is -0.408. The van der Waals surface area contributed by atoms with Gasteiger partial charge < -0.3 is 15.1 Å². The van der Waals surface area contributed by atoms with E-state index in [0.29, 0.717) is 23.3 Å². The van der Waals surface area contributed by atoms with Gasteiger partial charge in [0.1, 0.15) is 0 Å². The van der Waals surface area contributed by atoms with E-state index in [4.69, 9.17) is 4.42 Å². The molecule has 0 aliphatic heterocycles. The van der Waals surface area contributed by atoms with Gasteiger partial charge in [-0.2, -0.15) is 0 Å². The minimum absolute atomic E-state index is 0. The smallest absolute Gasteiger partial charge is 0.408 e. The lowest BCUT2D eigenvalue weighted by atomic mass is 10.3. The zero-order valence-electron chi connectivity index (χ0n) is 11.7. The average Bonchev–Trinajstić information content (AvgIpc) is 3.19. The van der Waals surface area contributed by atoms with E-state index in [1.807, 2.05) is 0 Å². The molecule has 6 nitrogen and oxygen atoms in total. The number of benzene rings is 1. The molecule has 21 heavy (non-hydrogen) atoms. The molecule has 1 amide bonds. The number of hydrogen-bond acceptors (Lipinski definition) is 4. The van der Waals surface area contributed by atoms with Gasteiger partial charge in [0.2, 0.25) is 5.91 Å². The molecule has 1 aliphatic rings. The van der Waals surface area contributed by atoms with Gasteiger partial charge in [-0.25, -0.2) is 4.79 Å². The Balaban J connectivity index is 0.00000161. The van der Waals surface area contributed by atoms with E-state index in [2.05, 4.69) is 10.6 Å². The Kier molecular flexibility index (Phi) is 4.69. The van der Waals surface area contributed by atoms with Crippen LogP contribution >= 0.6 is 12.4 Å². The highest BCUT2D eigenvalue weighted by molar-refractivity contribution is 5.94. The van der Waals surface area contributed by atoms with Gasteiger partial charge >= 0.3 is 5.76 Å². The summed E-state index contributed by atoms with van der Waals surface area (Å²) >= 11 is 0. The topological polar surface area (TPSA) is 76.3 Å². The first-order valence-corrected chi connectivity index (χ1v) is 6.73. The maximum atomic E-state index is 11.8. The van der Waals surface area contributed by atoms with Crippen LogP contribution in [0.25, 0.3) is 11.1 Å². The minimum Gasteiger partial charge on any atom is -0.408 e. The van der Waals surface area contributed by atoms with Crippen molar-refractivity contribution in [3.05, 3.63) is 28.7 Å². The number of amides is 1. The Hall–Kier alpha value is -1.79. The summed E-state index contributed by atoms with van der Waals surface area (Å²) in [6.07, 6.45) is 2.53. The second-order valence-electron chi connectivity index (χ2n) is 5.23. The number of rotatable bonds is 5. The van der Waals surface area contributed by atoms with Gasteiger partial charge in [-0.3, -0.25) is 9.36 Å². The summed E-state index contributed by atoms with van der Waals surface area (Å²) in [4.78, 5) is 23.2. The van der Waals surface area contributed by atoms with E-state index >= 15 is 0 Å². The number of nitrogens with one attached hydrogen (secondary N) is 2. The number of nitrogens with zero attached hydrogens (tertiary/aromatic N) is 1. The summed E-state index contributed by atoms with van der Waals surface area (Å²) in [5, 5.41) is 5.94. The van der Waals surface area contributed by atoms with Crippen LogP contribution in [-0.4, -0.2) is 23.6 Å². The third-order valence-electron chi connectivity index (χ3n) is 3.49. The van der Waals surface area contributed by atoms with E-state index in [1.54, 1.807) is 25.2 Å². The molecule has 1 saturated carbocycles. The van der Waals surface area contributed by atoms with E-state index in [-0.39, 0.29) is 18.3 Å². The van der Waals surface area contributed by atoms with Crippen molar-refractivity contribution in [2.45, 2.75) is 12.8 Å². The predicted octanol–water partition coefficient (Wildman–Crippen LogP) is 1.49. The standard InChI is InChI=1S/C14H17N3O3.ClH/c1-17-11-6-10(4-5-12(11)20-14(17)19)16-13(18)8-15-7-9-2-3-9;/h4-6,9,15H,2-3,7-8H2,1H3,(H,16,18);1H. The summed E-state index contributed by atoms with van der Waals surface area (Å²) < 4.78 is 6.45. The second kappa shape index (κ2) is 6.32. The third kappa shape index (κ3) is 3.65. The lowest BCUT2D eigenvalue weighted by molar-refractivity contribution is -0.115. The first-order chi connectivity index (χ1) is 9.63. The molecule has 0 radical (unpaired) electrons. The predicted molar refractivity (Wildman–Crippen MR) is 82.9 cm³/mol. The van der Waals surface area contributed by atoms with E-state index in [9.17, 15) is 9.59 Å². The Morgan fingerprint density at radius 2 is 2.19 bits per heavy atom. The molecule has 114 valence electrons. The van der Waals surface area contributed by atoms with Gasteiger partial charge in [-0.15, -0.1) is 12.4 Å². The molecule has 0 unspecified atom stereocenters. The number of carbonyl (C=O) groups is 1. The molecular formula is C14H18ClN3O3. The van der Waals surface area contributed by atoms with Gasteiger partial charge in [0.25, 0.3) is 0 Å². The van der Waals surface area contributed by atoms with Crippen LogP contribution in [0.1, 0.15) is 12.8 Å². The molecule has 1 aromatic heterocycles. The molecule has 0 atom stereocenters. The number of fused-ring (bicyclic) bond motifs is 1. The Morgan fingerprint density at radius 1 is 1.43 bits per heavy atom. The number of oxazole rings is 1. The van der Waals surface area contributed by atoms with Crippen molar-refractivity contribution in [3.63, 3.8) is 0 Å². The van der Waals surface area contributed by atoms with Crippen LogP contribution in [0.5, 0.6) is 0 Å². The normalized spacial score (nSPS) is 14.0. The van der Waals surface area contributed by atoms with Crippen molar-refractivity contribution in [1.82, 2.24) is 9.88 Å². The van der Waals surface area contributed by atoms with Crippen molar-refractivity contribution < 1.29 is 9.21 Å². The Bertz CT molecular complexity index is 703. The molecule has 1 aromatic carbocycles. The molecule has 2 N–H and O–H groups in total. The number of anilines is 1. The first-order valence-electron chi connectivity index (χ1n) is 6.73. The van der Waals surface area contributed by atoms with Crippen LogP contribution in [0.4, 0.5) is 5.69 Å². The number of aryl methyl sites for hydroxylation is 1. The van der Waals surface area contributed by atoms with Crippen LogP contribution in [0.3, 0.4) is 0 Å². The monoisotopic (exact) mass is 311 g/mol. The zero-order valence-corrected chi connectivity index (χ0v) is 12.5. The van der Waals surface area contributed by atoms with Crippen LogP contribution in [0.15, 0.2) is 27.4 Å². The van der Waals surface area contributed by atoms with Crippen LogP contribution in [0, 0.1) is 5.92 Å². The second-order valence-corrected chi connectivity index (χ2v) is 5.23. The van der Waals surface area contributed by atoms with Crippen LogP contribution in [-0.2, 0) is 11.8 Å². The molecule has 0 saturated heterocycles. The van der Waals surface area contributed by atoms with Crippen molar-refractivity contribution in [1.29, 1.82) is 0 Å². The fourth-order valence-electron chi connectivity index (χ4n) is 2.12. The molecule has 7 heteroatoms. The van der Waals surface area contributed by atoms with Crippen molar-refractivity contribution in [2.24, 2.45) is 13.0 Å². The number of hydrogen-bond donors (Lipinski definition) is 2. The van der Waals surface area contributed by atoms with Gasteiger partial charge in [-0.05, 0) is 43.5 Å². The van der Waals surface area contributed by atoms with Gasteiger partial charge in [0.15, 0.2) is 5.58 Å². The summed E-state index contributed by atoms with van der Waals surface area (Å²) in [5.41, 5.74) is 1.84. The molecule has 1 heterocycles. The van der Waals surface area contributed by atoms with E-state index in [1.165, 1.54) is 17.4 Å². The molecule has 1 aliphatic carbocycles. The summed E-state index contributed by atoms with van der Waals surface area (Å²) in [7, 11) is 1.64. The van der Waals surface area contributed by atoms with Crippen molar-refractivity contribution >= 4 is 35.1 Å². The number of halogens is 1. The van der Waals surface area contributed by atoms with Gasteiger partial charge in [0, 0.05) is 12.7 Å². The van der Waals surface area contributed by atoms with Crippen molar-refractivity contribution in [3.8, 4) is 0 Å². The first kappa shape index (κ1) is 15.6. The highest BCUT2D eigenvalue weighted by Crippen LogP contribution is 2.27. The molecule has 0 spiro atoms. The van der Waals surface area contributed by atoms with Crippen LogP contribution < -0.4 is 16.4 Å². The van der Waals surface area contributed by atoms with Gasteiger partial charge in [0.05, 0.1) is 12.1 Å². The molecule has 1 fully saturated rings. The lowest BCUT2D eigenvalue weighted by Gasteiger charge is -2.06. The summed E-state index contributed by atoms with van der Waals surface area (Å²) in [6.45, 7) is 1.21. The maximum Gasteiger partial charge on any atom is 0.419 e. The Labute approximate surface area is 127 Å². The third-order valence-corrected chi connectivity index (χ3v) is 3.49. The fourth-order valence-corrected chi connectivity index (χ4v) is 2.12. The van der Waals surface area contributed by atoms with E-state index in [0.717, 1.165) is 12.5 Å². The molecule has 3 rings (SSSR count). The largest absolute Gasteiger partial charge is 0.419 e. The SMILES string of the molecule is Cl.Cn1c(=O)oc2ccc(NC(=O)CNCC3CC3)cc21. The zero-order chi connectivity index (χ0) is 14.1.